The molecule has 0 spiro atoms. The SMILES string of the molecule is C=CCN1C(=O)[C@H](CC(=O)Nc2ccc(C)cc2)SC1=Nc1ccc(O)cc1. The van der Waals surface area contributed by atoms with Crippen molar-refractivity contribution in [2.75, 3.05) is 11.9 Å². The van der Waals surface area contributed by atoms with E-state index in [1.807, 2.05) is 31.2 Å². The third-order valence-electron chi connectivity index (χ3n) is 4.11. The Morgan fingerprint density at radius 2 is 1.93 bits per heavy atom. The molecule has 28 heavy (non-hydrogen) atoms. The van der Waals surface area contributed by atoms with Crippen molar-refractivity contribution in [2.45, 2.75) is 18.6 Å². The van der Waals surface area contributed by atoms with E-state index in [2.05, 4.69) is 16.9 Å². The summed E-state index contributed by atoms with van der Waals surface area (Å²) in [6.07, 6.45) is 1.68. The predicted octanol–water partition coefficient (Wildman–Crippen LogP) is 3.85. The number of carbonyl (C=O) groups is 2. The van der Waals surface area contributed by atoms with Crippen LogP contribution in [0.25, 0.3) is 0 Å². The van der Waals surface area contributed by atoms with Gasteiger partial charge >= 0.3 is 0 Å². The van der Waals surface area contributed by atoms with E-state index in [0.717, 1.165) is 5.56 Å². The van der Waals surface area contributed by atoms with E-state index in [1.54, 1.807) is 18.2 Å². The molecule has 1 aliphatic rings. The Morgan fingerprint density at radius 1 is 1.25 bits per heavy atom. The second kappa shape index (κ2) is 8.75. The van der Waals surface area contributed by atoms with Crippen LogP contribution < -0.4 is 5.32 Å². The molecule has 3 rings (SSSR count). The van der Waals surface area contributed by atoms with Gasteiger partial charge in [0.15, 0.2) is 5.17 Å². The van der Waals surface area contributed by atoms with Gasteiger partial charge < -0.3 is 10.4 Å². The summed E-state index contributed by atoms with van der Waals surface area (Å²) >= 11 is 1.26. The molecule has 0 radical (unpaired) electrons. The van der Waals surface area contributed by atoms with Crippen LogP contribution in [0.4, 0.5) is 11.4 Å². The number of carbonyl (C=O) groups excluding carboxylic acids is 2. The molecule has 1 heterocycles. The third-order valence-corrected chi connectivity index (χ3v) is 5.29. The highest BCUT2D eigenvalue weighted by atomic mass is 32.2. The lowest BCUT2D eigenvalue weighted by molar-refractivity contribution is -0.127. The normalized spacial score (nSPS) is 17.8. The summed E-state index contributed by atoms with van der Waals surface area (Å²) in [5.41, 5.74) is 2.42. The number of amides is 2. The number of aromatic hydroxyl groups is 1. The van der Waals surface area contributed by atoms with E-state index in [0.29, 0.717) is 23.1 Å². The number of aryl methyl sites for hydroxylation is 1. The Bertz CT molecular complexity index is 907. The van der Waals surface area contributed by atoms with Crippen LogP contribution in [-0.4, -0.2) is 38.8 Å². The van der Waals surface area contributed by atoms with Gasteiger partial charge in [-0.15, -0.1) is 6.58 Å². The van der Waals surface area contributed by atoms with Gasteiger partial charge in [-0.05, 0) is 43.3 Å². The molecular formula is C21H21N3O3S. The quantitative estimate of drug-likeness (QED) is 0.728. The molecule has 0 saturated carbocycles. The first-order valence-electron chi connectivity index (χ1n) is 8.79. The smallest absolute Gasteiger partial charge is 0.242 e. The third kappa shape index (κ3) is 4.80. The van der Waals surface area contributed by atoms with Crippen molar-refractivity contribution in [3.63, 3.8) is 0 Å². The van der Waals surface area contributed by atoms with Gasteiger partial charge in [-0.3, -0.25) is 14.5 Å². The summed E-state index contributed by atoms with van der Waals surface area (Å²) < 4.78 is 0. The Hall–Kier alpha value is -3.06. The van der Waals surface area contributed by atoms with Gasteiger partial charge in [0, 0.05) is 18.7 Å². The molecule has 0 unspecified atom stereocenters. The molecule has 144 valence electrons. The summed E-state index contributed by atoms with van der Waals surface area (Å²) in [5, 5.41) is 12.2. The highest BCUT2D eigenvalue weighted by Gasteiger charge is 2.38. The predicted molar refractivity (Wildman–Crippen MR) is 113 cm³/mol. The minimum absolute atomic E-state index is 0.0552. The standard InChI is InChI=1S/C21H21N3O3S/c1-3-12-24-20(27)18(13-19(26)22-15-6-4-14(2)5-7-15)28-21(24)23-16-8-10-17(25)11-9-16/h3-11,18,25H,1,12-13H2,2H3,(H,22,26)/t18-/m0/s1. The number of amidine groups is 1. The lowest BCUT2D eigenvalue weighted by Crippen LogP contribution is -2.33. The summed E-state index contributed by atoms with van der Waals surface area (Å²) in [6.45, 7) is 5.98. The van der Waals surface area contributed by atoms with Crippen LogP contribution in [0.3, 0.4) is 0 Å². The van der Waals surface area contributed by atoms with Crippen LogP contribution >= 0.6 is 11.8 Å². The van der Waals surface area contributed by atoms with Crippen LogP contribution in [0.1, 0.15) is 12.0 Å². The summed E-state index contributed by atoms with van der Waals surface area (Å²) in [4.78, 5) is 31.1. The van der Waals surface area contributed by atoms with E-state index in [9.17, 15) is 14.7 Å². The molecule has 1 fully saturated rings. The number of aliphatic imine (C=N–C) groups is 1. The summed E-state index contributed by atoms with van der Waals surface area (Å²) in [5.74, 6) is -0.242. The molecule has 2 N–H and O–H groups in total. The van der Waals surface area contributed by atoms with Crippen molar-refractivity contribution < 1.29 is 14.7 Å². The van der Waals surface area contributed by atoms with Crippen LogP contribution in [0.5, 0.6) is 5.75 Å². The van der Waals surface area contributed by atoms with Crippen LogP contribution in [0.2, 0.25) is 0 Å². The molecule has 1 saturated heterocycles. The van der Waals surface area contributed by atoms with Crippen molar-refractivity contribution in [1.82, 2.24) is 4.90 Å². The number of nitrogens with one attached hydrogen (secondary N) is 1. The lowest BCUT2D eigenvalue weighted by atomic mass is 10.2. The molecule has 1 aliphatic heterocycles. The number of benzene rings is 2. The van der Waals surface area contributed by atoms with Crippen molar-refractivity contribution in [3.05, 3.63) is 66.7 Å². The number of rotatable bonds is 6. The Morgan fingerprint density at radius 3 is 2.57 bits per heavy atom. The number of phenols is 1. The minimum Gasteiger partial charge on any atom is -0.508 e. The van der Waals surface area contributed by atoms with Gasteiger partial charge in [-0.25, -0.2) is 4.99 Å². The van der Waals surface area contributed by atoms with E-state index >= 15 is 0 Å². The lowest BCUT2D eigenvalue weighted by Gasteiger charge is -2.13. The number of hydrogen-bond acceptors (Lipinski definition) is 5. The van der Waals surface area contributed by atoms with E-state index in [-0.39, 0.29) is 24.0 Å². The topological polar surface area (TPSA) is 82.0 Å². The number of nitrogens with zero attached hydrogens (tertiary/aromatic N) is 2. The number of thioether (sulfide) groups is 1. The maximum absolute atomic E-state index is 12.7. The van der Waals surface area contributed by atoms with Crippen molar-refractivity contribution >= 4 is 40.1 Å². The fraction of sp³-hybridized carbons (Fsp3) is 0.190. The molecule has 0 bridgehead atoms. The zero-order chi connectivity index (χ0) is 20.1. The van der Waals surface area contributed by atoms with Gasteiger partial charge in [-0.2, -0.15) is 0 Å². The monoisotopic (exact) mass is 395 g/mol. The number of hydrogen-bond donors (Lipinski definition) is 2. The second-order valence-electron chi connectivity index (χ2n) is 6.37. The van der Waals surface area contributed by atoms with Gasteiger partial charge in [0.1, 0.15) is 11.0 Å². The van der Waals surface area contributed by atoms with E-state index < -0.39 is 5.25 Å². The minimum atomic E-state index is -0.540. The largest absolute Gasteiger partial charge is 0.508 e. The average molecular weight is 395 g/mol. The molecule has 1 atom stereocenters. The molecule has 6 nitrogen and oxygen atoms in total. The molecule has 7 heteroatoms. The molecule has 0 aromatic heterocycles. The van der Waals surface area contributed by atoms with Crippen LogP contribution in [-0.2, 0) is 9.59 Å². The average Bonchev–Trinajstić information content (AvgIpc) is 2.94. The molecule has 2 amide bonds. The first kappa shape index (κ1) is 19.7. The Balaban J connectivity index is 1.72. The first-order chi connectivity index (χ1) is 13.5. The van der Waals surface area contributed by atoms with Gasteiger partial charge in [0.05, 0.1) is 5.69 Å². The highest BCUT2D eigenvalue weighted by Crippen LogP contribution is 2.32. The van der Waals surface area contributed by atoms with Gasteiger partial charge in [-0.1, -0.05) is 35.5 Å². The number of anilines is 1. The maximum atomic E-state index is 12.7. The fourth-order valence-electron chi connectivity index (χ4n) is 2.68. The van der Waals surface area contributed by atoms with Crippen molar-refractivity contribution in [2.24, 2.45) is 4.99 Å². The zero-order valence-electron chi connectivity index (χ0n) is 15.5. The van der Waals surface area contributed by atoms with Crippen molar-refractivity contribution in [3.8, 4) is 5.75 Å². The highest BCUT2D eigenvalue weighted by molar-refractivity contribution is 8.15. The van der Waals surface area contributed by atoms with E-state index in [1.165, 1.54) is 28.8 Å². The van der Waals surface area contributed by atoms with Crippen LogP contribution in [0, 0.1) is 6.92 Å². The van der Waals surface area contributed by atoms with Crippen molar-refractivity contribution in [1.29, 1.82) is 0 Å². The summed E-state index contributed by atoms with van der Waals surface area (Å²) in [6, 6.07) is 13.9. The summed E-state index contributed by atoms with van der Waals surface area (Å²) in [7, 11) is 0. The maximum Gasteiger partial charge on any atom is 0.242 e. The van der Waals surface area contributed by atoms with E-state index in [4.69, 9.17) is 0 Å². The molecule has 2 aromatic carbocycles. The molecule has 0 aliphatic carbocycles. The molecular weight excluding hydrogens is 374 g/mol. The zero-order valence-corrected chi connectivity index (χ0v) is 16.3. The Kier molecular flexibility index (Phi) is 6.16. The van der Waals surface area contributed by atoms with Gasteiger partial charge in [0.2, 0.25) is 11.8 Å². The van der Waals surface area contributed by atoms with Gasteiger partial charge in [0.25, 0.3) is 0 Å². The second-order valence-corrected chi connectivity index (χ2v) is 7.54. The first-order valence-corrected chi connectivity index (χ1v) is 9.67. The number of phenolic OH excluding ortho intramolecular Hbond substituents is 1. The Labute approximate surface area is 168 Å². The fourth-order valence-corrected chi connectivity index (χ4v) is 3.84. The molecule has 2 aromatic rings. The van der Waals surface area contributed by atoms with Crippen LogP contribution in [0.15, 0.2) is 66.2 Å².